The SMILES string of the molecule is Cc1cccc(CNc2cc(N(Cc3ccccc3)C(C)C)ncn2)c1. The second-order valence-electron chi connectivity index (χ2n) is 6.81. The normalized spacial score (nSPS) is 10.8. The van der Waals surface area contributed by atoms with E-state index in [1.54, 1.807) is 6.33 Å². The summed E-state index contributed by atoms with van der Waals surface area (Å²) in [5.41, 5.74) is 3.78. The first-order valence-corrected chi connectivity index (χ1v) is 9.04. The lowest BCUT2D eigenvalue weighted by Crippen LogP contribution is -2.31. The highest BCUT2D eigenvalue weighted by Gasteiger charge is 2.13. The van der Waals surface area contributed by atoms with Crippen molar-refractivity contribution in [1.82, 2.24) is 9.97 Å². The molecule has 0 aliphatic carbocycles. The lowest BCUT2D eigenvalue weighted by Gasteiger charge is -2.28. The van der Waals surface area contributed by atoms with Gasteiger partial charge in [-0.25, -0.2) is 9.97 Å². The van der Waals surface area contributed by atoms with Gasteiger partial charge < -0.3 is 10.2 Å². The summed E-state index contributed by atoms with van der Waals surface area (Å²) in [6.45, 7) is 8.05. The minimum absolute atomic E-state index is 0.342. The van der Waals surface area contributed by atoms with Crippen molar-refractivity contribution in [3.8, 4) is 0 Å². The third-order valence-electron chi connectivity index (χ3n) is 4.32. The summed E-state index contributed by atoms with van der Waals surface area (Å²) in [5, 5.41) is 3.41. The van der Waals surface area contributed by atoms with Crippen molar-refractivity contribution in [3.63, 3.8) is 0 Å². The Morgan fingerprint density at radius 2 is 1.69 bits per heavy atom. The van der Waals surface area contributed by atoms with Gasteiger partial charge in [0.05, 0.1) is 0 Å². The fraction of sp³-hybridized carbons (Fsp3) is 0.273. The first-order valence-electron chi connectivity index (χ1n) is 9.04. The summed E-state index contributed by atoms with van der Waals surface area (Å²) in [6, 6.07) is 21.3. The number of nitrogens with zero attached hydrogens (tertiary/aromatic N) is 3. The van der Waals surface area contributed by atoms with Gasteiger partial charge >= 0.3 is 0 Å². The van der Waals surface area contributed by atoms with Gasteiger partial charge in [-0.3, -0.25) is 0 Å². The molecule has 134 valence electrons. The molecule has 0 amide bonds. The van der Waals surface area contributed by atoms with Crippen LogP contribution in [-0.2, 0) is 13.1 Å². The van der Waals surface area contributed by atoms with E-state index in [1.165, 1.54) is 16.7 Å². The summed E-state index contributed by atoms with van der Waals surface area (Å²) < 4.78 is 0. The molecule has 0 unspecified atom stereocenters. The van der Waals surface area contributed by atoms with Crippen LogP contribution in [0.5, 0.6) is 0 Å². The zero-order valence-electron chi connectivity index (χ0n) is 15.7. The molecule has 1 N–H and O–H groups in total. The molecule has 1 heterocycles. The van der Waals surface area contributed by atoms with Crippen molar-refractivity contribution in [1.29, 1.82) is 0 Å². The van der Waals surface area contributed by atoms with Crippen molar-refractivity contribution in [2.24, 2.45) is 0 Å². The number of nitrogens with one attached hydrogen (secondary N) is 1. The maximum atomic E-state index is 4.50. The van der Waals surface area contributed by atoms with Gasteiger partial charge in [0, 0.05) is 25.2 Å². The summed E-state index contributed by atoms with van der Waals surface area (Å²) >= 11 is 0. The molecule has 0 radical (unpaired) electrons. The Morgan fingerprint density at radius 3 is 2.42 bits per heavy atom. The van der Waals surface area contributed by atoms with Gasteiger partial charge in [0.2, 0.25) is 0 Å². The van der Waals surface area contributed by atoms with E-state index in [9.17, 15) is 0 Å². The number of aromatic nitrogens is 2. The number of benzene rings is 2. The minimum atomic E-state index is 0.342. The second-order valence-corrected chi connectivity index (χ2v) is 6.81. The van der Waals surface area contributed by atoms with Gasteiger partial charge in [0.15, 0.2) is 0 Å². The van der Waals surface area contributed by atoms with Crippen LogP contribution in [0.1, 0.15) is 30.5 Å². The second kappa shape index (κ2) is 8.48. The van der Waals surface area contributed by atoms with Crippen molar-refractivity contribution >= 4 is 11.6 Å². The molecular weight excluding hydrogens is 320 g/mol. The van der Waals surface area contributed by atoms with Crippen LogP contribution in [0.2, 0.25) is 0 Å². The van der Waals surface area contributed by atoms with Crippen LogP contribution in [0.25, 0.3) is 0 Å². The monoisotopic (exact) mass is 346 g/mol. The molecule has 0 fully saturated rings. The number of hydrogen-bond donors (Lipinski definition) is 1. The molecule has 4 heteroatoms. The van der Waals surface area contributed by atoms with Crippen LogP contribution in [0.3, 0.4) is 0 Å². The number of anilines is 2. The van der Waals surface area contributed by atoms with Crippen molar-refractivity contribution in [3.05, 3.63) is 83.7 Å². The van der Waals surface area contributed by atoms with E-state index in [-0.39, 0.29) is 0 Å². The smallest absolute Gasteiger partial charge is 0.134 e. The molecule has 3 aromatic rings. The highest BCUT2D eigenvalue weighted by molar-refractivity contribution is 5.49. The number of rotatable bonds is 7. The van der Waals surface area contributed by atoms with Gasteiger partial charge in [0.25, 0.3) is 0 Å². The number of aryl methyl sites for hydroxylation is 1. The van der Waals surface area contributed by atoms with Gasteiger partial charge in [0.1, 0.15) is 18.0 Å². The fourth-order valence-electron chi connectivity index (χ4n) is 2.92. The van der Waals surface area contributed by atoms with E-state index >= 15 is 0 Å². The van der Waals surface area contributed by atoms with Crippen LogP contribution in [0.4, 0.5) is 11.6 Å². The van der Waals surface area contributed by atoms with Crippen LogP contribution in [-0.4, -0.2) is 16.0 Å². The van der Waals surface area contributed by atoms with E-state index in [0.717, 1.165) is 24.7 Å². The molecule has 3 rings (SSSR count). The summed E-state index contributed by atoms with van der Waals surface area (Å²) in [4.78, 5) is 11.2. The molecule has 1 aromatic heterocycles. The number of hydrogen-bond acceptors (Lipinski definition) is 4. The average molecular weight is 346 g/mol. The molecule has 0 aliphatic rings. The van der Waals surface area contributed by atoms with Gasteiger partial charge in [-0.05, 0) is 31.9 Å². The van der Waals surface area contributed by atoms with Crippen LogP contribution in [0.15, 0.2) is 67.0 Å². The first-order chi connectivity index (χ1) is 12.6. The molecule has 0 spiro atoms. The molecule has 26 heavy (non-hydrogen) atoms. The lowest BCUT2D eigenvalue weighted by atomic mass is 10.1. The Labute approximate surface area is 155 Å². The molecule has 0 saturated carbocycles. The van der Waals surface area contributed by atoms with E-state index in [1.807, 2.05) is 12.1 Å². The Hall–Kier alpha value is -2.88. The Bertz CT molecular complexity index is 830. The Morgan fingerprint density at radius 1 is 0.923 bits per heavy atom. The zero-order valence-corrected chi connectivity index (χ0v) is 15.7. The van der Waals surface area contributed by atoms with Crippen molar-refractivity contribution in [2.75, 3.05) is 10.2 Å². The van der Waals surface area contributed by atoms with E-state index in [2.05, 4.69) is 89.5 Å². The highest BCUT2D eigenvalue weighted by Crippen LogP contribution is 2.20. The minimum Gasteiger partial charge on any atom is -0.366 e. The van der Waals surface area contributed by atoms with Crippen molar-refractivity contribution < 1.29 is 0 Å². The van der Waals surface area contributed by atoms with Crippen LogP contribution >= 0.6 is 0 Å². The lowest BCUT2D eigenvalue weighted by molar-refractivity contribution is 0.671. The van der Waals surface area contributed by atoms with E-state index < -0.39 is 0 Å². The summed E-state index contributed by atoms with van der Waals surface area (Å²) in [6.07, 6.45) is 1.63. The molecule has 0 atom stereocenters. The standard InChI is InChI=1S/C22H26N4/c1-17(2)26(15-19-9-5-4-6-10-19)22-13-21(24-16-25-22)23-14-20-11-7-8-18(3)12-20/h4-13,16-17H,14-15H2,1-3H3,(H,23,24,25). The predicted molar refractivity (Wildman–Crippen MR) is 108 cm³/mol. The average Bonchev–Trinajstić information content (AvgIpc) is 2.65. The maximum absolute atomic E-state index is 4.50. The van der Waals surface area contributed by atoms with Gasteiger partial charge in [-0.1, -0.05) is 60.2 Å². The molecule has 0 aliphatic heterocycles. The molecule has 2 aromatic carbocycles. The predicted octanol–water partition coefficient (Wildman–Crippen LogP) is 4.81. The Kier molecular flexibility index (Phi) is 5.84. The Balaban J connectivity index is 1.73. The zero-order chi connectivity index (χ0) is 18.4. The maximum Gasteiger partial charge on any atom is 0.134 e. The fourth-order valence-corrected chi connectivity index (χ4v) is 2.92. The summed E-state index contributed by atoms with van der Waals surface area (Å²) in [5.74, 6) is 1.78. The van der Waals surface area contributed by atoms with Crippen LogP contribution in [0, 0.1) is 6.92 Å². The molecular formula is C22H26N4. The first kappa shape index (κ1) is 17.9. The molecule has 0 saturated heterocycles. The highest BCUT2D eigenvalue weighted by atomic mass is 15.2. The quantitative estimate of drug-likeness (QED) is 0.666. The van der Waals surface area contributed by atoms with Crippen LogP contribution < -0.4 is 10.2 Å². The van der Waals surface area contributed by atoms with Gasteiger partial charge in [-0.15, -0.1) is 0 Å². The van der Waals surface area contributed by atoms with Gasteiger partial charge in [-0.2, -0.15) is 0 Å². The third kappa shape index (κ3) is 4.82. The summed E-state index contributed by atoms with van der Waals surface area (Å²) in [7, 11) is 0. The largest absolute Gasteiger partial charge is 0.366 e. The third-order valence-corrected chi connectivity index (χ3v) is 4.32. The van der Waals surface area contributed by atoms with E-state index in [0.29, 0.717) is 6.04 Å². The molecule has 0 bridgehead atoms. The van der Waals surface area contributed by atoms with Crippen molar-refractivity contribution in [2.45, 2.75) is 39.9 Å². The van der Waals surface area contributed by atoms with E-state index in [4.69, 9.17) is 0 Å². The topological polar surface area (TPSA) is 41.0 Å². The molecule has 4 nitrogen and oxygen atoms in total.